The van der Waals surface area contributed by atoms with Crippen molar-refractivity contribution >= 4 is 24.1 Å². The molecule has 55 heavy (non-hydrogen) atoms. The number of hydrogen-bond donors (Lipinski definition) is 2. The van der Waals surface area contributed by atoms with Crippen LogP contribution in [0.2, 0.25) is 0 Å². The Morgan fingerprint density at radius 1 is 0.727 bits per heavy atom. The second-order valence-electron chi connectivity index (χ2n) is 15.5. The van der Waals surface area contributed by atoms with Crippen molar-refractivity contribution in [2.45, 2.75) is 91.5 Å². The third-order valence-electron chi connectivity index (χ3n) is 8.43. The summed E-state index contributed by atoms with van der Waals surface area (Å²) in [4.78, 5) is 49.5. The molecule has 1 unspecified atom stereocenters. The number of nitrogens with one attached hydrogen (secondary N) is 1. The van der Waals surface area contributed by atoms with Crippen LogP contribution in [0.5, 0.6) is 0 Å². The summed E-state index contributed by atoms with van der Waals surface area (Å²) < 4.78 is 10.7. The second kappa shape index (κ2) is 18.4. The van der Waals surface area contributed by atoms with E-state index >= 15 is 0 Å². The Kier molecular flexibility index (Phi) is 14.0. The number of amides is 3. The summed E-state index contributed by atoms with van der Waals surface area (Å²) in [5, 5.41) is 11.9. The van der Waals surface area contributed by atoms with Crippen molar-refractivity contribution in [1.29, 1.82) is 0 Å². The minimum atomic E-state index is -1.02. The van der Waals surface area contributed by atoms with Gasteiger partial charge in [0.15, 0.2) is 0 Å². The van der Waals surface area contributed by atoms with Crippen LogP contribution in [0, 0.1) is 0 Å². The fourth-order valence-corrected chi connectivity index (χ4v) is 5.86. The number of aliphatic carboxylic acids is 1. The van der Waals surface area contributed by atoms with Gasteiger partial charge in [-0.1, -0.05) is 121 Å². The van der Waals surface area contributed by atoms with E-state index in [4.69, 9.17) is 14.6 Å². The highest BCUT2D eigenvalue weighted by Crippen LogP contribution is 2.26. The van der Waals surface area contributed by atoms with E-state index in [0.717, 1.165) is 33.4 Å². The summed E-state index contributed by atoms with van der Waals surface area (Å²) in [6.45, 7) is 14.0. The lowest BCUT2D eigenvalue weighted by Gasteiger charge is -2.27. The Bertz CT molecular complexity index is 1990. The molecule has 288 valence electrons. The highest BCUT2D eigenvalue weighted by Gasteiger charge is 2.37. The lowest BCUT2D eigenvalue weighted by Crippen LogP contribution is -2.44. The number of carbonyl (C=O) groups excluding carboxylic acids is 3. The number of carboxylic acids is 1. The summed E-state index contributed by atoms with van der Waals surface area (Å²) in [5.41, 5.74) is 6.03. The van der Waals surface area contributed by atoms with Crippen molar-refractivity contribution in [2.75, 3.05) is 0 Å². The van der Waals surface area contributed by atoms with Crippen molar-refractivity contribution in [3.05, 3.63) is 144 Å². The zero-order valence-corrected chi connectivity index (χ0v) is 33.0. The molecule has 1 aliphatic rings. The average molecular weight is 745 g/mol. The van der Waals surface area contributed by atoms with Gasteiger partial charge in [0.2, 0.25) is 0 Å². The Morgan fingerprint density at radius 2 is 1.18 bits per heavy atom. The predicted octanol–water partition coefficient (Wildman–Crippen LogP) is 9.81. The summed E-state index contributed by atoms with van der Waals surface area (Å²) in [7, 11) is 0. The van der Waals surface area contributed by atoms with Crippen molar-refractivity contribution in [3.8, 4) is 22.3 Å². The van der Waals surface area contributed by atoms with E-state index in [0.29, 0.717) is 18.4 Å². The fraction of sp³-hybridized carbons (Fsp3) is 0.304. The Hall–Kier alpha value is -5.96. The van der Waals surface area contributed by atoms with Crippen LogP contribution in [0.25, 0.3) is 22.3 Å². The van der Waals surface area contributed by atoms with Crippen LogP contribution in [0.4, 0.5) is 9.59 Å². The topological polar surface area (TPSA) is 122 Å². The zero-order valence-electron chi connectivity index (χ0n) is 33.0. The summed E-state index contributed by atoms with van der Waals surface area (Å²) in [6, 6.07) is 35.6. The van der Waals surface area contributed by atoms with Gasteiger partial charge in [-0.3, -0.25) is 4.79 Å². The smallest absolute Gasteiger partial charge is 0.417 e. The Morgan fingerprint density at radius 3 is 1.64 bits per heavy atom. The number of benzene rings is 4. The van der Waals surface area contributed by atoms with Crippen LogP contribution >= 0.6 is 0 Å². The first-order valence-corrected chi connectivity index (χ1v) is 18.3. The predicted molar refractivity (Wildman–Crippen MR) is 216 cm³/mol. The summed E-state index contributed by atoms with van der Waals surface area (Å²) >= 11 is 0. The van der Waals surface area contributed by atoms with E-state index in [-0.39, 0.29) is 17.5 Å². The van der Waals surface area contributed by atoms with E-state index in [1.807, 2.05) is 91.0 Å². The van der Waals surface area contributed by atoms with E-state index in [9.17, 15) is 19.2 Å². The maximum absolute atomic E-state index is 12.5. The van der Waals surface area contributed by atoms with Gasteiger partial charge in [-0.05, 0) is 102 Å². The van der Waals surface area contributed by atoms with Gasteiger partial charge in [-0.2, -0.15) is 0 Å². The van der Waals surface area contributed by atoms with Gasteiger partial charge in [0, 0.05) is 11.1 Å². The highest BCUT2D eigenvalue weighted by atomic mass is 16.6. The minimum Gasteiger partial charge on any atom is -0.478 e. The molecule has 0 radical (unpaired) electrons. The number of carbonyl (C=O) groups is 4. The highest BCUT2D eigenvalue weighted by molar-refractivity contribution is 6.05. The molecule has 0 bridgehead atoms. The van der Waals surface area contributed by atoms with Crippen LogP contribution in [-0.2, 0) is 31.9 Å². The third-order valence-corrected chi connectivity index (χ3v) is 8.43. The Balaban J connectivity index is 0.000000245. The standard InChI is InChI=1S/C23H27NO4.C23H25NO3/c1-16(21(25)26)14-20(24-22(27)28-23(2,3)4)15-17-10-12-19(13-11-17)18-8-6-5-7-9-18;1-16-14-20(24(21(16)25)22(26)27-23(2,3)4)15-17-10-12-19(13-11-17)18-8-6-5-7-9-18/h5-14,20H,15H2,1-4H3,(H,24,27)(H,25,26);5-14,20H,15H2,1-4H3/b16-14-;/t;20-/m.0/s1. The van der Waals surface area contributed by atoms with E-state index in [2.05, 4.69) is 29.6 Å². The molecule has 0 fully saturated rings. The summed E-state index contributed by atoms with van der Waals surface area (Å²) in [5.74, 6) is -1.30. The van der Waals surface area contributed by atoms with E-state index < -0.39 is 35.4 Å². The molecular weight excluding hydrogens is 693 g/mol. The number of rotatable bonds is 9. The van der Waals surface area contributed by atoms with E-state index in [1.165, 1.54) is 17.9 Å². The van der Waals surface area contributed by atoms with Gasteiger partial charge in [0.25, 0.3) is 5.91 Å². The lowest BCUT2D eigenvalue weighted by atomic mass is 10.00. The molecular formula is C46H52N2O7. The monoisotopic (exact) mass is 744 g/mol. The first kappa shape index (κ1) is 41.8. The molecule has 1 aliphatic heterocycles. The fourth-order valence-electron chi connectivity index (χ4n) is 5.86. The average Bonchev–Trinajstić information content (AvgIpc) is 3.40. The van der Waals surface area contributed by atoms with Crippen molar-refractivity contribution in [2.24, 2.45) is 0 Å². The van der Waals surface area contributed by atoms with Gasteiger partial charge in [-0.25, -0.2) is 19.3 Å². The molecule has 5 rings (SSSR count). The molecule has 9 heteroatoms. The second-order valence-corrected chi connectivity index (χ2v) is 15.5. The van der Waals surface area contributed by atoms with Crippen LogP contribution in [-0.4, -0.2) is 57.4 Å². The number of hydrogen-bond acceptors (Lipinski definition) is 6. The molecule has 0 aromatic heterocycles. The molecule has 1 heterocycles. The largest absolute Gasteiger partial charge is 0.478 e. The maximum atomic E-state index is 12.5. The third kappa shape index (κ3) is 13.1. The molecule has 2 atom stereocenters. The summed E-state index contributed by atoms with van der Waals surface area (Å²) in [6.07, 6.45) is 3.24. The van der Waals surface area contributed by atoms with Gasteiger partial charge in [0.05, 0.1) is 12.1 Å². The molecule has 9 nitrogen and oxygen atoms in total. The quantitative estimate of drug-likeness (QED) is 0.164. The van der Waals surface area contributed by atoms with Gasteiger partial charge < -0.3 is 19.9 Å². The van der Waals surface area contributed by atoms with Crippen molar-refractivity contribution in [1.82, 2.24) is 10.2 Å². The minimum absolute atomic E-state index is 0.168. The lowest BCUT2D eigenvalue weighted by molar-refractivity contribution is -0.132. The molecule has 4 aromatic carbocycles. The number of ether oxygens (including phenoxy) is 2. The van der Waals surface area contributed by atoms with Gasteiger partial charge in [0.1, 0.15) is 11.2 Å². The van der Waals surface area contributed by atoms with Crippen LogP contribution < -0.4 is 5.32 Å². The number of imide groups is 1. The van der Waals surface area contributed by atoms with Gasteiger partial charge in [-0.15, -0.1) is 0 Å². The van der Waals surface area contributed by atoms with Crippen LogP contribution in [0.15, 0.2) is 132 Å². The molecule has 0 aliphatic carbocycles. The normalized spacial score (nSPS) is 14.9. The molecule has 2 N–H and O–H groups in total. The number of alkyl carbamates (subject to hydrolysis) is 1. The zero-order chi connectivity index (χ0) is 40.3. The molecule has 4 aromatic rings. The molecule has 0 saturated carbocycles. The first-order valence-electron chi connectivity index (χ1n) is 18.3. The van der Waals surface area contributed by atoms with E-state index in [1.54, 1.807) is 48.5 Å². The SMILES string of the molecule is C/C(=C/C(Cc1ccc(-c2ccccc2)cc1)NC(=O)OC(C)(C)C)C(=O)O.CC1=C[C@@H](Cc2ccc(-c3ccccc3)cc2)N(C(=O)OC(C)(C)C)C1=O. The molecule has 0 saturated heterocycles. The Labute approximate surface area is 324 Å². The van der Waals surface area contributed by atoms with Crippen LogP contribution in [0.1, 0.15) is 66.5 Å². The van der Waals surface area contributed by atoms with Gasteiger partial charge >= 0.3 is 18.2 Å². The van der Waals surface area contributed by atoms with Crippen molar-refractivity contribution in [3.63, 3.8) is 0 Å². The maximum Gasteiger partial charge on any atom is 0.417 e. The number of nitrogens with zero attached hydrogens (tertiary/aromatic N) is 1. The number of carboxylic acid groups (broad SMARTS) is 1. The van der Waals surface area contributed by atoms with Crippen LogP contribution in [0.3, 0.4) is 0 Å². The van der Waals surface area contributed by atoms with Crippen molar-refractivity contribution < 1.29 is 33.8 Å². The molecule has 0 spiro atoms. The molecule has 3 amide bonds. The first-order chi connectivity index (χ1) is 25.9.